The molecule has 13 heavy (non-hydrogen) atoms. The lowest BCUT2D eigenvalue weighted by Crippen LogP contribution is -2.03. The van der Waals surface area contributed by atoms with Crippen LogP contribution in [-0.2, 0) is 0 Å². The Morgan fingerprint density at radius 1 is 1.23 bits per heavy atom. The fraction of sp³-hybridized carbons (Fsp3) is 0.875. The van der Waals surface area contributed by atoms with Crippen LogP contribution < -0.4 is 0 Å². The molecule has 0 aliphatic heterocycles. The molecule has 5 heteroatoms. The van der Waals surface area contributed by atoms with Gasteiger partial charge in [0.15, 0.2) is 0 Å². The predicted molar refractivity (Wildman–Crippen MR) is 54.6 cm³/mol. The molecule has 4 N–H and O–H groups in total. The molecule has 0 aliphatic carbocycles. The Morgan fingerprint density at radius 3 is 2.15 bits per heavy atom. The lowest BCUT2D eigenvalue weighted by Gasteiger charge is -2.05. The first-order chi connectivity index (χ1) is 5.84. The Kier molecular flexibility index (Phi) is 5.65. The molecule has 0 amide bonds. The van der Waals surface area contributed by atoms with E-state index in [2.05, 4.69) is 13.8 Å². The highest BCUT2D eigenvalue weighted by Gasteiger charge is 2.37. The van der Waals surface area contributed by atoms with Crippen LogP contribution in [0.25, 0.3) is 0 Å². The lowest BCUT2D eigenvalue weighted by atomic mass is 10.1. The Hall–Kier alpha value is -0.0200. The van der Waals surface area contributed by atoms with Gasteiger partial charge < -0.3 is 0 Å². The summed E-state index contributed by atoms with van der Waals surface area (Å²) in [6, 6.07) is 0. The van der Waals surface area contributed by atoms with Crippen LogP contribution in [0.4, 0.5) is 0 Å². The van der Waals surface area contributed by atoms with Crippen LogP contribution in [0.5, 0.6) is 0 Å². The van der Waals surface area contributed by atoms with Crippen LogP contribution in [0, 0.1) is 11.3 Å². The zero-order valence-corrected chi connectivity index (χ0v) is 9.09. The summed E-state index contributed by atoms with van der Waals surface area (Å²) in [5.74, 6) is 0.631. The molecule has 0 fully saturated rings. The Bertz CT molecular complexity index is 165. The van der Waals surface area contributed by atoms with Crippen LogP contribution in [0.1, 0.15) is 39.5 Å². The molecule has 0 aromatic carbocycles. The van der Waals surface area contributed by atoms with E-state index >= 15 is 0 Å². The van der Waals surface area contributed by atoms with Gasteiger partial charge in [0, 0.05) is 6.42 Å². The van der Waals surface area contributed by atoms with Crippen LogP contribution in [0.2, 0.25) is 0 Å². The van der Waals surface area contributed by atoms with Gasteiger partial charge in [0.2, 0.25) is 5.45 Å². The van der Waals surface area contributed by atoms with E-state index in [0.717, 1.165) is 19.3 Å². The van der Waals surface area contributed by atoms with Gasteiger partial charge in [-0.2, -0.15) is 14.7 Å². The number of unbranched alkanes of at least 4 members (excludes halogenated alkanes) is 1. The van der Waals surface area contributed by atoms with E-state index in [9.17, 15) is 0 Å². The maximum absolute atomic E-state index is 8.69. The molecule has 0 unspecified atom stereocenters. The second-order valence-corrected chi connectivity index (χ2v) is 5.33. The summed E-state index contributed by atoms with van der Waals surface area (Å²) in [6.45, 7) is 4.24. The highest BCUT2D eigenvalue weighted by Crippen LogP contribution is 2.47. The van der Waals surface area contributed by atoms with Crippen LogP contribution in [0.3, 0.4) is 0 Å². The third-order valence-electron chi connectivity index (χ3n) is 1.81. The van der Waals surface area contributed by atoms with Gasteiger partial charge >= 0.3 is 7.94 Å². The van der Waals surface area contributed by atoms with Crippen molar-refractivity contribution in [3.8, 4) is 0 Å². The van der Waals surface area contributed by atoms with Gasteiger partial charge in [0.05, 0.1) is 0 Å². The maximum atomic E-state index is 8.69. The van der Waals surface area contributed by atoms with Gasteiger partial charge in [0.25, 0.3) is 0 Å². The van der Waals surface area contributed by atoms with E-state index < -0.39 is 7.94 Å². The molecule has 0 saturated heterocycles. The summed E-state index contributed by atoms with van der Waals surface area (Å²) in [4.78, 5) is 26.1. The molecule has 0 saturated carbocycles. The van der Waals surface area contributed by atoms with Crippen molar-refractivity contribution in [3.63, 3.8) is 0 Å². The summed E-state index contributed by atoms with van der Waals surface area (Å²) < 4.78 is 0. The Labute approximate surface area is 79.7 Å². The van der Waals surface area contributed by atoms with E-state index in [4.69, 9.17) is 20.1 Å². The Morgan fingerprint density at radius 2 is 1.77 bits per heavy atom. The van der Waals surface area contributed by atoms with Crippen LogP contribution in [-0.4, -0.2) is 20.1 Å². The summed E-state index contributed by atoms with van der Waals surface area (Å²) in [5, 5.41) is 7.13. The quantitative estimate of drug-likeness (QED) is 0.305. The fourth-order valence-electron chi connectivity index (χ4n) is 0.995. The minimum absolute atomic E-state index is 0.282. The van der Waals surface area contributed by atoms with Gasteiger partial charge in [-0.05, 0) is 12.3 Å². The van der Waals surface area contributed by atoms with Crippen LogP contribution >= 0.6 is 7.94 Å². The molecule has 0 aromatic rings. The maximum Gasteiger partial charge on any atom is 0.455 e. The SMILES string of the molecule is CC(C)CCCCC(=N)[P+](O)(O)O. The van der Waals surface area contributed by atoms with Gasteiger partial charge in [-0.25, -0.2) is 0 Å². The molecule has 0 aromatic heterocycles. The first kappa shape index (κ1) is 13.0. The summed E-state index contributed by atoms with van der Waals surface area (Å²) >= 11 is 0. The summed E-state index contributed by atoms with van der Waals surface area (Å²) in [7, 11) is -3.99. The van der Waals surface area contributed by atoms with E-state index in [0.29, 0.717) is 5.92 Å². The Balaban J connectivity index is 3.49. The predicted octanol–water partition coefficient (Wildman–Crippen LogP) is 1.92. The second kappa shape index (κ2) is 5.66. The van der Waals surface area contributed by atoms with Crippen molar-refractivity contribution in [2.45, 2.75) is 39.5 Å². The summed E-state index contributed by atoms with van der Waals surface area (Å²) in [6.07, 6.45) is 3.05. The van der Waals surface area contributed by atoms with Crippen molar-refractivity contribution in [1.29, 1.82) is 5.41 Å². The first-order valence-corrected chi connectivity index (χ1v) is 6.14. The van der Waals surface area contributed by atoms with Crippen molar-refractivity contribution in [2.75, 3.05) is 0 Å². The highest BCUT2D eigenvalue weighted by atomic mass is 31.2. The minimum atomic E-state index is -3.99. The van der Waals surface area contributed by atoms with E-state index in [1.165, 1.54) is 0 Å². The number of hydrogen-bond acceptors (Lipinski definition) is 4. The second-order valence-electron chi connectivity index (χ2n) is 3.65. The van der Waals surface area contributed by atoms with Gasteiger partial charge in [-0.1, -0.05) is 26.7 Å². The molecule has 0 atom stereocenters. The normalized spacial score (nSPS) is 12.2. The number of rotatable bonds is 6. The molecule has 0 aliphatic rings. The van der Waals surface area contributed by atoms with Gasteiger partial charge in [-0.3, -0.25) is 5.41 Å². The molecule has 0 radical (unpaired) electrons. The molecule has 4 nitrogen and oxygen atoms in total. The lowest BCUT2D eigenvalue weighted by molar-refractivity contribution is 0.349. The van der Waals surface area contributed by atoms with Crippen LogP contribution in [0.15, 0.2) is 0 Å². The monoisotopic (exact) mass is 208 g/mol. The highest BCUT2D eigenvalue weighted by molar-refractivity contribution is 7.76. The van der Waals surface area contributed by atoms with E-state index in [1.807, 2.05) is 0 Å². The van der Waals surface area contributed by atoms with E-state index in [1.54, 1.807) is 0 Å². The molecule has 0 bridgehead atoms. The van der Waals surface area contributed by atoms with Crippen molar-refractivity contribution in [3.05, 3.63) is 0 Å². The summed E-state index contributed by atoms with van der Waals surface area (Å²) in [5.41, 5.74) is -0.323. The standard InChI is InChI=1S/C8H19NO3P/c1-7(2)5-3-4-6-8(9)13(10,11)12/h7,9-12H,3-6H2,1-2H3/q+1. The van der Waals surface area contributed by atoms with Crippen molar-refractivity contribution in [2.24, 2.45) is 5.92 Å². The van der Waals surface area contributed by atoms with Crippen molar-refractivity contribution >= 4 is 13.4 Å². The zero-order valence-electron chi connectivity index (χ0n) is 8.19. The number of hydrogen-bond donors (Lipinski definition) is 4. The van der Waals surface area contributed by atoms with Gasteiger partial charge in [-0.15, -0.1) is 0 Å². The van der Waals surface area contributed by atoms with Crippen molar-refractivity contribution in [1.82, 2.24) is 0 Å². The molecule has 0 heterocycles. The smallest absolute Gasteiger partial charge is 0.265 e. The first-order valence-electron chi connectivity index (χ1n) is 4.49. The molecular weight excluding hydrogens is 189 g/mol. The molecule has 0 rings (SSSR count). The average Bonchev–Trinajstić information content (AvgIpc) is 1.95. The molecular formula is C8H19NO3P+. The van der Waals surface area contributed by atoms with Crippen molar-refractivity contribution < 1.29 is 14.7 Å². The number of nitrogens with one attached hydrogen (secondary N) is 1. The third-order valence-corrected chi connectivity index (χ3v) is 2.76. The third kappa shape index (κ3) is 7.08. The minimum Gasteiger partial charge on any atom is -0.265 e. The zero-order chi connectivity index (χ0) is 10.5. The average molecular weight is 208 g/mol. The topological polar surface area (TPSA) is 84.5 Å². The molecule has 78 valence electrons. The fourth-order valence-corrected chi connectivity index (χ4v) is 1.45. The molecule has 0 spiro atoms. The van der Waals surface area contributed by atoms with Gasteiger partial charge in [0.1, 0.15) is 0 Å². The largest absolute Gasteiger partial charge is 0.455 e. The van der Waals surface area contributed by atoms with E-state index in [-0.39, 0.29) is 11.9 Å².